The van der Waals surface area contributed by atoms with E-state index in [2.05, 4.69) is 10.3 Å². The van der Waals surface area contributed by atoms with Crippen molar-refractivity contribution in [2.45, 2.75) is 40.7 Å². The van der Waals surface area contributed by atoms with Gasteiger partial charge in [0.15, 0.2) is 0 Å². The zero-order valence-electron chi connectivity index (χ0n) is 13.5. The van der Waals surface area contributed by atoms with Gasteiger partial charge >= 0.3 is 5.97 Å². The number of carbonyl (C=O) groups excluding carboxylic acids is 2. The number of hydrogen-bond acceptors (Lipinski definition) is 4. The molecular weight excluding hydrogens is 282 g/mol. The Bertz CT molecular complexity index is 648. The SMILES string of the molecule is CCOC(=O)c1c(C)[nH]c(/C=C(\C#N)C(=O)NC(C)C)c1C. The smallest absolute Gasteiger partial charge is 0.340 e. The topological polar surface area (TPSA) is 95.0 Å². The summed E-state index contributed by atoms with van der Waals surface area (Å²) in [5.74, 6) is -0.861. The molecule has 0 radical (unpaired) electrons. The van der Waals surface area contributed by atoms with Crippen LogP contribution in [0.2, 0.25) is 0 Å². The van der Waals surface area contributed by atoms with Gasteiger partial charge in [0.2, 0.25) is 0 Å². The Morgan fingerprint density at radius 3 is 2.55 bits per heavy atom. The Labute approximate surface area is 130 Å². The molecule has 0 aliphatic carbocycles. The zero-order chi connectivity index (χ0) is 16.9. The van der Waals surface area contributed by atoms with Crippen LogP contribution >= 0.6 is 0 Å². The molecule has 0 atom stereocenters. The van der Waals surface area contributed by atoms with Gasteiger partial charge in [-0.2, -0.15) is 5.26 Å². The molecule has 0 fully saturated rings. The fraction of sp³-hybridized carbons (Fsp3) is 0.438. The number of esters is 1. The number of amides is 1. The number of nitrogens with zero attached hydrogens (tertiary/aromatic N) is 1. The lowest BCUT2D eigenvalue weighted by Gasteiger charge is -2.06. The maximum Gasteiger partial charge on any atom is 0.340 e. The van der Waals surface area contributed by atoms with E-state index in [9.17, 15) is 9.59 Å². The summed E-state index contributed by atoms with van der Waals surface area (Å²) >= 11 is 0. The summed E-state index contributed by atoms with van der Waals surface area (Å²) < 4.78 is 5.01. The number of H-pyrrole nitrogens is 1. The van der Waals surface area contributed by atoms with Crippen molar-refractivity contribution >= 4 is 18.0 Å². The minimum atomic E-state index is -0.443. The summed E-state index contributed by atoms with van der Waals surface area (Å²) in [6.07, 6.45) is 1.45. The van der Waals surface area contributed by atoms with Crippen LogP contribution in [0.25, 0.3) is 6.08 Å². The van der Waals surface area contributed by atoms with Crippen LogP contribution in [-0.2, 0) is 9.53 Å². The van der Waals surface area contributed by atoms with E-state index in [0.717, 1.165) is 0 Å². The monoisotopic (exact) mass is 303 g/mol. The van der Waals surface area contributed by atoms with Gasteiger partial charge < -0.3 is 15.0 Å². The Kier molecular flexibility index (Phi) is 5.93. The van der Waals surface area contributed by atoms with Crippen LogP contribution in [0, 0.1) is 25.2 Å². The van der Waals surface area contributed by atoms with Gasteiger partial charge in [-0.3, -0.25) is 4.79 Å². The summed E-state index contributed by atoms with van der Waals surface area (Å²) in [5.41, 5.74) is 2.27. The van der Waals surface area contributed by atoms with Gasteiger partial charge in [-0.15, -0.1) is 0 Å². The van der Waals surface area contributed by atoms with Gasteiger partial charge in [-0.25, -0.2) is 4.79 Å². The van der Waals surface area contributed by atoms with Crippen LogP contribution in [0.3, 0.4) is 0 Å². The summed E-state index contributed by atoms with van der Waals surface area (Å²) in [5, 5.41) is 11.8. The molecule has 0 aliphatic rings. The van der Waals surface area contributed by atoms with E-state index in [1.165, 1.54) is 6.08 Å². The minimum absolute atomic E-state index is 0.0199. The number of carbonyl (C=O) groups is 2. The van der Waals surface area contributed by atoms with E-state index in [0.29, 0.717) is 22.5 Å². The van der Waals surface area contributed by atoms with Gasteiger partial charge in [0.1, 0.15) is 11.6 Å². The molecule has 6 heteroatoms. The first kappa shape index (κ1) is 17.5. The average molecular weight is 303 g/mol. The Balaban J connectivity index is 3.20. The van der Waals surface area contributed by atoms with Gasteiger partial charge in [-0.1, -0.05) is 0 Å². The highest BCUT2D eigenvalue weighted by Crippen LogP contribution is 2.21. The number of rotatable bonds is 5. The van der Waals surface area contributed by atoms with Crippen molar-refractivity contribution in [1.29, 1.82) is 5.26 Å². The molecular formula is C16H21N3O3. The standard InChI is InChI=1S/C16H21N3O3/c1-6-22-16(21)14-10(4)13(19-11(14)5)7-12(8-17)15(20)18-9(2)3/h7,9,19H,6H2,1-5H3,(H,18,20)/b12-7+. The highest BCUT2D eigenvalue weighted by atomic mass is 16.5. The maximum atomic E-state index is 11.9. The van der Waals surface area contributed by atoms with Crippen LogP contribution in [0.4, 0.5) is 0 Å². The molecule has 0 spiro atoms. The molecule has 0 aliphatic heterocycles. The first-order valence-electron chi connectivity index (χ1n) is 7.10. The van der Waals surface area contributed by atoms with Crippen LogP contribution in [0.5, 0.6) is 0 Å². The molecule has 118 valence electrons. The molecule has 1 heterocycles. The molecule has 1 rings (SSSR count). The van der Waals surface area contributed by atoms with Crippen molar-refractivity contribution in [1.82, 2.24) is 10.3 Å². The number of aromatic nitrogens is 1. The lowest BCUT2D eigenvalue weighted by atomic mass is 10.1. The van der Waals surface area contributed by atoms with Crippen molar-refractivity contribution in [3.05, 3.63) is 28.1 Å². The second-order valence-corrected chi connectivity index (χ2v) is 5.18. The van der Waals surface area contributed by atoms with E-state index in [-0.39, 0.29) is 18.2 Å². The fourth-order valence-corrected chi connectivity index (χ4v) is 2.06. The second kappa shape index (κ2) is 7.46. The zero-order valence-corrected chi connectivity index (χ0v) is 13.5. The molecule has 0 bridgehead atoms. The number of nitriles is 1. The van der Waals surface area contributed by atoms with Gasteiger partial charge in [-0.05, 0) is 46.3 Å². The highest BCUT2D eigenvalue weighted by molar-refractivity contribution is 6.02. The molecule has 0 saturated heterocycles. The Morgan fingerprint density at radius 2 is 2.05 bits per heavy atom. The molecule has 0 unspecified atom stereocenters. The normalized spacial score (nSPS) is 11.2. The van der Waals surface area contributed by atoms with Crippen LogP contribution in [0.15, 0.2) is 5.57 Å². The van der Waals surface area contributed by atoms with Crippen molar-refractivity contribution < 1.29 is 14.3 Å². The minimum Gasteiger partial charge on any atom is -0.462 e. The van der Waals surface area contributed by atoms with E-state index in [1.54, 1.807) is 20.8 Å². The first-order chi connectivity index (χ1) is 10.3. The maximum absolute atomic E-state index is 11.9. The van der Waals surface area contributed by atoms with E-state index < -0.39 is 11.9 Å². The van der Waals surface area contributed by atoms with Crippen LogP contribution in [0.1, 0.15) is 48.1 Å². The molecule has 0 aromatic carbocycles. The molecule has 1 aromatic heterocycles. The Morgan fingerprint density at radius 1 is 1.41 bits per heavy atom. The van der Waals surface area contributed by atoms with E-state index >= 15 is 0 Å². The number of ether oxygens (including phenoxy) is 1. The summed E-state index contributed by atoms with van der Waals surface area (Å²) in [7, 11) is 0. The molecule has 1 amide bonds. The second-order valence-electron chi connectivity index (χ2n) is 5.18. The highest BCUT2D eigenvalue weighted by Gasteiger charge is 2.19. The Hall–Kier alpha value is -2.55. The fourth-order valence-electron chi connectivity index (χ4n) is 2.06. The number of nitrogens with one attached hydrogen (secondary N) is 2. The summed E-state index contributed by atoms with van der Waals surface area (Å²) in [4.78, 5) is 26.9. The van der Waals surface area contributed by atoms with E-state index in [4.69, 9.17) is 10.00 Å². The van der Waals surface area contributed by atoms with Crippen molar-refractivity contribution in [3.63, 3.8) is 0 Å². The molecule has 22 heavy (non-hydrogen) atoms. The first-order valence-corrected chi connectivity index (χ1v) is 7.10. The number of aryl methyl sites for hydroxylation is 1. The van der Waals surface area contributed by atoms with Gasteiger partial charge in [0, 0.05) is 17.4 Å². The van der Waals surface area contributed by atoms with Crippen LogP contribution in [-0.4, -0.2) is 29.5 Å². The largest absolute Gasteiger partial charge is 0.462 e. The molecule has 1 aromatic rings. The third kappa shape index (κ3) is 3.98. The van der Waals surface area contributed by atoms with Crippen LogP contribution < -0.4 is 5.32 Å². The molecule has 0 saturated carbocycles. The summed E-state index contributed by atoms with van der Waals surface area (Å²) in [6, 6.07) is 1.81. The predicted molar refractivity (Wildman–Crippen MR) is 83.1 cm³/mol. The predicted octanol–water partition coefficient (Wildman–Crippen LogP) is 2.24. The quantitative estimate of drug-likeness (QED) is 0.495. The average Bonchev–Trinajstić information content (AvgIpc) is 2.69. The third-order valence-corrected chi connectivity index (χ3v) is 3.03. The van der Waals surface area contributed by atoms with Crippen molar-refractivity contribution in [2.24, 2.45) is 0 Å². The molecule has 6 nitrogen and oxygen atoms in total. The lowest BCUT2D eigenvalue weighted by molar-refractivity contribution is -0.117. The number of hydrogen-bond donors (Lipinski definition) is 2. The molecule has 2 N–H and O–H groups in total. The third-order valence-electron chi connectivity index (χ3n) is 3.03. The van der Waals surface area contributed by atoms with Crippen molar-refractivity contribution in [2.75, 3.05) is 6.61 Å². The lowest BCUT2D eigenvalue weighted by Crippen LogP contribution is -2.30. The van der Waals surface area contributed by atoms with Crippen molar-refractivity contribution in [3.8, 4) is 6.07 Å². The number of aromatic amines is 1. The summed E-state index contributed by atoms with van der Waals surface area (Å²) in [6.45, 7) is 9.15. The van der Waals surface area contributed by atoms with E-state index in [1.807, 2.05) is 19.9 Å². The van der Waals surface area contributed by atoms with Gasteiger partial charge in [0.05, 0.1) is 12.2 Å². The van der Waals surface area contributed by atoms with Gasteiger partial charge in [0.25, 0.3) is 5.91 Å².